The first-order valence-corrected chi connectivity index (χ1v) is 12.1. The van der Waals surface area contributed by atoms with Gasteiger partial charge in [-0.15, -0.1) is 0 Å². The van der Waals surface area contributed by atoms with Crippen molar-refractivity contribution >= 4 is 27.5 Å². The van der Waals surface area contributed by atoms with Gasteiger partial charge in [0.1, 0.15) is 0 Å². The second-order valence-corrected chi connectivity index (χ2v) is 11.7. The Labute approximate surface area is 178 Å². The Morgan fingerprint density at radius 3 is 2.48 bits per heavy atom. The van der Waals surface area contributed by atoms with E-state index in [1.165, 1.54) is 6.07 Å². The molecule has 29 heavy (non-hydrogen) atoms. The van der Waals surface area contributed by atoms with Crippen LogP contribution in [0.1, 0.15) is 25.7 Å². The molecule has 1 spiro atoms. The number of amides is 1. The highest BCUT2D eigenvalue weighted by Gasteiger charge is 2.64. The Balaban J connectivity index is 1.56. The fourth-order valence-corrected chi connectivity index (χ4v) is 7.88. The number of nitrogens with zero attached hydrogens (tertiary/aromatic N) is 3. The Kier molecular flexibility index (Phi) is 5.25. The van der Waals surface area contributed by atoms with Crippen molar-refractivity contribution in [3.8, 4) is 0 Å². The van der Waals surface area contributed by atoms with Crippen molar-refractivity contribution in [3.63, 3.8) is 0 Å². The molecule has 0 radical (unpaired) electrons. The number of carbonyl (C=O) groups excluding carboxylic acids is 1. The second kappa shape index (κ2) is 7.22. The summed E-state index contributed by atoms with van der Waals surface area (Å²) < 4.78 is 27.8. The lowest BCUT2D eigenvalue weighted by Crippen LogP contribution is -2.49. The van der Waals surface area contributed by atoms with Crippen LogP contribution in [0.2, 0.25) is 5.02 Å². The lowest BCUT2D eigenvalue weighted by atomic mass is 9.66. The summed E-state index contributed by atoms with van der Waals surface area (Å²) in [5.41, 5.74) is -0.261. The molecule has 1 amide bonds. The molecule has 6 nitrogen and oxygen atoms in total. The number of piperidine rings is 1. The molecule has 1 saturated carbocycles. The fraction of sp³-hybridized carbons (Fsp3) is 0.667. The van der Waals surface area contributed by atoms with Crippen LogP contribution in [-0.4, -0.2) is 75.8 Å². The summed E-state index contributed by atoms with van der Waals surface area (Å²) in [5.74, 6) is 0.531. The van der Waals surface area contributed by atoms with Gasteiger partial charge in [-0.3, -0.25) is 4.79 Å². The zero-order chi connectivity index (χ0) is 21.0. The zero-order valence-electron chi connectivity index (χ0n) is 17.4. The summed E-state index contributed by atoms with van der Waals surface area (Å²) in [6, 6.07) is 6.48. The average molecular weight is 440 g/mol. The highest BCUT2D eigenvalue weighted by molar-refractivity contribution is 7.89. The molecule has 1 aliphatic carbocycles. The molecule has 2 aliphatic heterocycles. The van der Waals surface area contributed by atoms with Gasteiger partial charge in [-0.25, -0.2) is 8.42 Å². The van der Waals surface area contributed by atoms with Crippen molar-refractivity contribution in [2.24, 2.45) is 16.7 Å². The predicted octanol–water partition coefficient (Wildman–Crippen LogP) is 2.54. The van der Waals surface area contributed by atoms with Crippen LogP contribution < -0.4 is 0 Å². The van der Waals surface area contributed by atoms with Gasteiger partial charge < -0.3 is 9.80 Å². The topological polar surface area (TPSA) is 60.9 Å². The molecule has 1 aromatic rings. The van der Waals surface area contributed by atoms with Crippen LogP contribution >= 0.6 is 11.6 Å². The van der Waals surface area contributed by atoms with Crippen LogP contribution in [0.5, 0.6) is 0 Å². The molecule has 8 heteroatoms. The molecule has 0 N–H and O–H groups in total. The van der Waals surface area contributed by atoms with Gasteiger partial charge in [-0.05, 0) is 62.3 Å². The number of hydrogen-bond donors (Lipinski definition) is 0. The smallest absolute Gasteiger partial charge is 0.243 e. The van der Waals surface area contributed by atoms with Gasteiger partial charge in [0.25, 0.3) is 0 Å². The number of likely N-dealkylation sites (tertiary alicyclic amines) is 1. The average Bonchev–Trinajstić information content (AvgIpc) is 3.16. The quantitative estimate of drug-likeness (QED) is 0.726. The highest BCUT2D eigenvalue weighted by atomic mass is 35.5. The summed E-state index contributed by atoms with van der Waals surface area (Å²) in [6.07, 6.45) is 3.54. The van der Waals surface area contributed by atoms with E-state index < -0.39 is 10.0 Å². The van der Waals surface area contributed by atoms with Crippen LogP contribution in [0.4, 0.5) is 0 Å². The molecule has 2 heterocycles. The van der Waals surface area contributed by atoms with E-state index in [9.17, 15) is 13.2 Å². The van der Waals surface area contributed by atoms with E-state index in [1.54, 1.807) is 27.4 Å². The van der Waals surface area contributed by atoms with Gasteiger partial charge in [0.2, 0.25) is 15.9 Å². The van der Waals surface area contributed by atoms with E-state index in [2.05, 4.69) is 11.9 Å². The van der Waals surface area contributed by atoms with Gasteiger partial charge in [0.05, 0.1) is 10.3 Å². The Morgan fingerprint density at radius 1 is 1.17 bits per heavy atom. The number of carbonyl (C=O) groups is 1. The van der Waals surface area contributed by atoms with Crippen LogP contribution in [0.15, 0.2) is 29.2 Å². The molecule has 3 aliphatic rings. The van der Waals surface area contributed by atoms with Crippen LogP contribution in [0, 0.1) is 16.7 Å². The minimum atomic E-state index is -3.55. The summed E-state index contributed by atoms with van der Waals surface area (Å²) in [7, 11) is 2.24. The number of sulfonamides is 1. The normalized spacial score (nSPS) is 29.9. The Morgan fingerprint density at radius 2 is 1.86 bits per heavy atom. The van der Waals surface area contributed by atoms with E-state index in [1.807, 2.05) is 14.1 Å². The van der Waals surface area contributed by atoms with Crippen LogP contribution in [0.3, 0.4) is 0 Å². The van der Waals surface area contributed by atoms with Gasteiger partial charge in [0.15, 0.2) is 0 Å². The molecule has 0 unspecified atom stereocenters. The Hall–Kier alpha value is -1.15. The van der Waals surface area contributed by atoms with Crippen molar-refractivity contribution in [2.45, 2.75) is 30.6 Å². The zero-order valence-corrected chi connectivity index (χ0v) is 19.0. The monoisotopic (exact) mass is 439 g/mol. The third kappa shape index (κ3) is 3.30. The minimum Gasteiger partial charge on any atom is -0.348 e. The standard InChI is InChI=1S/C21H30ClN3O3S/c1-23(2)19(26)21-8-7-20(18(21)14-24(3)15-21)9-11-25(12-10-20)29(27,28)17-6-4-5-16(22)13-17/h4-6,13,18H,7-12,14-15H2,1-3H3/t18-,21+/m1/s1. The van der Waals surface area contributed by atoms with E-state index in [4.69, 9.17) is 11.6 Å². The molecule has 0 aromatic heterocycles. The molecule has 1 aromatic carbocycles. The van der Waals surface area contributed by atoms with E-state index in [-0.39, 0.29) is 21.6 Å². The number of halogens is 1. The Bertz CT molecular complexity index is 912. The van der Waals surface area contributed by atoms with Crippen molar-refractivity contribution in [1.82, 2.24) is 14.1 Å². The minimum absolute atomic E-state index is 0.0524. The maximum atomic E-state index is 13.1. The van der Waals surface area contributed by atoms with E-state index >= 15 is 0 Å². The van der Waals surface area contributed by atoms with Crippen molar-refractivity contribution < 1.29 is 13.2 Å². The number of benzene rings is 1. The van der Waals surface area contributed by atoms with E-state index in [0.717, 1.165) is 38.8 Å². The predicted molar refractivity (Wildman–Crippen MR) is 113 cm³/mol. The molecule has 3 fully saturated rings. The summed E-state index contributed by atoms with van der Waals surface area (Å²) >= 11 is 6.01. The fourth-order valence-electron chi connectivity index (χ4n) is 6.14. The number of fused-ring (bicyclic) bond motifs is 2. The first-order chi connectivity index (χ1) is 13.6. The molecule has 160 valence electrons. The largest absolute Gasteiger partial charge is 0.348 e. The van der Waals surface area contributed by atoms with Crippen molar-refractivity contribution in [1.29, 1.82) is 0 Å². The summed E-state index contributed by atoms with van der Waals surface area (Å²) in [5, 5.41) is 0.427. The molecule has 0 bridgehead atoms. The number of hydrogen-bond acceptors (Lipinski definition) is 4. The van der Waals surface area contributed by atoms with Crippen molar-refractivity contribution in [2.75, 3.05) is 47.3 Å². The molecular weight excluding hydrogens is 410 g/mol. The maximum Gasteiger partial charge on any atom is 0.243 e. The molecular formula is C21H30ClN3O3S. The molecule has 4 rings (SSSR count). The van der Waals surface area contributed by atoms with Crippen molar-refractivity contribution in [3.05, 3.63) is 29.3 Å². The highest BCUT2D eigenvalue weighted by Crippen LogP contribution is 2.62. The van der Waals surface area contributed by atoms with Gasteiger partial charge in [-0.2, -0.15) is 4.31 Å². The first-order valence-electron chi connectivity index (χ1n) is 10.3. The second-order valence-electron chi connectivity index (χ2n) is 9.33. The lowest BCUT2D eigenvalue weighted by molar-refractivity contribution is -0.141. The number of rotatable bonds is 3. The van der Waals surface area contributed by atoms with Crippen LogP contribution in [-0.2, 0) is 14.8 Å². The molecule has 2 atom stereocenters. The first kappa shape index (κ1) is 21.1. The van der Waals surface area contributed by atoms with E-state index in [0.29, 0.717) is 24.0 Å². The van der Waals surface area contributed by atoms with Gasteiger partial charge in [-0.1, -0.05) is 17.7 Å². The third-order valence-corrected chi connectivity index (χ3v) is 9.64. The third-order valence-electron chi connectivity index (χ3n) is 7.51. The maximum absolute atomic E-state index is 13.1. The van der Waals surface area contributed by atoms with Crippen LogP contribution in [0.25, 0.3) is 0 Å². The lowest BCUT2D eigenvalue weighted by Gasteiger charge is -2.44. The summed E-state index contributed by atoms with van der Waals surface area (Å²) in [4.78, 5) is 17.4. The van der Waals surface area contributed by atoms with Gasteiger partial charge in [0, 0.05) is 45.3 Å². The van der Waals surface area contributed by atoms with Gasteiger partial charge >= 0.3 is 0 Å². The summed E-state index contributed by atoms with van der Waals surface area (Å²) in [6.45, 7) is 2.73. The SMILES string of the molecule is CN1C[C@@H]2C3(CCN(S(=O)(=O)c4cccc(Cl)c4)CC3)CC[C@]2(C(=O)N(C)C)C1. The molecule has 2 saturated heterocycles.